The van der Waals surface area contributed by atoms with Gasteiger partial charge in [0.15, 0.2) is 0 Å². The fraction of sp³-hybridized carbons (Fsp3) is 0.750. The van der Waals surface area contributed by atoms with E-state index in [-0.39, 0.29) is 0 Å². The average molecular weight is 142 g/mol. The maximum Gasteiger partial charge on any atom is 0.0160 e. The van der Waals surface area contributed by atoms with Gasteiger partial charge in [0.25, 0.3) is 0 Å². The lowest BCUT2D eigenvalue weighted by Gasteiger charge is -2.10. The Morgan fingerprint density at radius 1 is 1.70 bits per heavy atom. The normalized spacial score (nSPS) is 15.4. The van der Waals surface area contributed by atoms with E-state index in [2.05, 4.69) is 32.3 Å². The molecular formula is C8H18N2. The Labute approximate surface area is 63.5 Å². The molecule has 0 aliphatic carbocycles. The van der Waals surface area contributed by atoms with Crippen molar-refractivity contribution in [1.82, 2.24) is 5.43 Å². The third kappa shape index (κ3) is 3.64. The maximum absolute atomic E-state index is 5.19. The van der Waals surface area contributed by atoms with Crippen molar-refractivity contribution < 1.29 is 0 Å². The van der Waals surface area contributed by atoms with E-state index in [0.717, 1.165) is 13.0 Å². The van der Waals surface area contributed by atoms with Gasteiger partial charge >= 0.3 is 0 Å². The summed E-state index contributed by atoms with van der Waals surface area (Å²) in [5.41, 5.74) is 4.08. The van der Waals surface area contributed by atoms with Crippen LogP contribution in [0.1, 0.15) is 27.2 Å². The molecule has 0 aromatic rings. The Morgan fingerprint density at radius 2 is 2.30 bits per heavy atom. The highest BCUT2D eigenvalue weighted by atomic mass is 15.2. The van der Waals surface area contributed by atoms with Crippen molar-refractivity contribution in [2.24, 2.45) is 11.8 Å². The van der Waals surface area contributed by atoms with Gasteiger partial charge in [-0.05, 0) is 19.3 Å². The molecule has 2 heteroatoms. The second kappa shape index (κ2) is 5.45. The van der Waals surface area contributed by atoms with Crippen molar-refractivity contribution in [3.63, 3.8) is 0 Å². The summed E-state index contributed by atoms with van der Waals surface area (Å²) in [6, 6.07) is 0. The van der Waals surface area contributed by atoms with E-state index in [1.54, 1.807) is 0 Å². The lowest BCUT2D eigenvalue weighted by atomic mass is 10.0. The molecule has 0 aliphatic rings. The lowest BCUT2D eigenvalue weighted by Crippen LogP contribution is -2.27. The van der Waals surface area contributed by atoms with Gasteiger partial charge in [0, 0.05) is 6.54 Å². The van der Waals surface area contributed by atoms with Crippen LogP contribution < -0.4 is 11.3 Å². The fourth-order valence-corrected chi connectivity index (χ4v) is 0.861. The third-order valence-corrected chi connectivity index (χ3v) is 1.73. The first-order valence-electron chi connectivity index (χ1n) is 3.82. The molecule has 60 valence electrons. The second-order valence-corrected chi connectivity index (χ2v) is 2.67. The van der Waals surface area contributed by atoms with Crippen molar-refractivity contribution in [2.45, 2.75) is 27.2 Å². The van der Waals surface area contributed by atoms with Crippen LogP contribution in [0.5, 0.6) is 0 Å². The van der Waals surface area contributed by atoms with Crippen LogP contribution >= 0.6 is 0 Å². The summed E-state index contributed by atoms with van der Waals surface area (Å²) in [6.07, 6.45) is 3.35. The van der Waals surface area contributed by atoms with Crippen LogP contribution in [0.25, 0.3) is 0 Å². The monoisotopic (exact) mass is 142 g/mol. The predicted molar refractivity (Wildman–Crippen MR) is 45.4 cm³/mol. The molecule has 0 aromatic heterocycles. The van der Waals surface area contributed by atoms with Crippen molar-refractivity contribution >= 4 is 0 Å². The zero-order chi connectivity index (χ0) is 7.98. The minimum atomic E-state index is 0.560. The fourth-order valence-electron chi connectivity index (χ4n) is 0.861. The summed E-state index contributed by atoms with van der Waals surface area (Å²) in [4.78, 5) is 0. The smallest absolute Gasteiger partial charge is 0.0160 e. The quantitative estimate of drug-likeness (QED) is 0.354. The third-order valence-electron chi connectivity index (χ3n) is 1.73. The van der Waals surface area contributed by atoms with E-state index in [1.807, 2.05) is 0 Å². The summed E-state index contributed by atoms with van der Waals surface area (Å²) in [7, 11) is 0. The molecule has 0 heterocycles. The summed E-state index contributed by atoms with van der Waals surface area (Å²) in [5.74, 6) is 5.75. The largest absolute Gasteiger partial charge is 0.271 e. The van der Waals surface area contributed by atoms with Gasteiger partial charge in [-0.2, -0.15) is 0 Å². The Hall–Kier alpha value is -0.340. The van der Waals surface area contributed by atoms with Gasteiger partial charge in [0.1, 0.15) is 0 Å². The lowest BCUT2D eigenvalue weighted by molar-refractivity contribution is 0.588. The molecule has 0 spiro atoms. The van der Waals surface area contributed by atoms with Gasteiger partial charge in [0.2, 0.25) is 0 Å². The maximum atomic E-state index is 5.19. The summed E-state index contributed by atoms with van der Waals surface area (Å²) >= 11 is 0. The standard InChI is InChI=1S/C8H18N2/c1-4-5-7(2)8(3)6-10-9/h5,8,10H,4,6,9H2,1-3H3/b7-5+/t8-/m0/s1. The molecule has 0 saturated carbocycles. The number of nitrogens with one attached hydrogen (secondary N) is 1. The van der Waals surface area contributed by atoms with Crippen LogP contribution in [0.15, 0.2) is 11.6 Å². The molecule has 0 rings (SSSR count). The van der Waals surface area contributed by atoms with Crippen molar-refractivity contribution in [3.05, 3.63) is 11.6 Å². The van der Waals surface area contributed by atoms with Crippen LogP contribution in [0, 0.1) is 5.92 Å². The highest BCUT2D eigenvalue weighted by Gasteiger charge is 2.00. The molecule has 0 bridgehead atoms. The van der Waals surface area contributed by atoms with Gasteiger partial charge < -0.3 is 0 Å². The van der Waals surface area contributed by atoms with Crippen molar-refractivity contribution in [1.29, 1.82) is 0 Å². The number of hydrogen-bond acceptors (Lipinski definition) is 2. The first-order chi connectivity index (χ1) is 4.72. The molecule has 0 aliphatic heterocycles. The highest BCUT2D eigenvalue weighted by molar-refractivity contribution is 5.01. The van der Waals surface area contributed by atoms with Crippen LogP contribution in [0.2, 0.25) is 0 Å². The molecule has 0 aromatic carbocycles. The topological polar surface area (TPSA) is 38.0 Å². The molecular weight excluding hydrogens is 124 g/mol. The Bertz CT molecular complexity index is 108. The minimum Gasteiger partial charge on any atom is -0.271 e. The van der Waals surface area contributed by atoms with Crippen LogP contribution in [-0.2, 0) is 0 Å². The molecule has 2 nitrogen and oxygen atoms in total. The van der Waals surface area contributed by atoms with Gasteiger partial charge in [-0.25, -0.2) is 0 Å². The Balaban J connectivity index is 3.69. The second-order valence-electron chi connectivity index (χ2n) is 2.67. The van der Waals surface area contributed by atoms with E-state index in [1.165, 1.54) is 5.57 Å². The molecule has 1 atom stereocenters. The molecule has 0 fully saturated rings. The van der Waals surface area contributed by atoms with E-state index >= 15 is 0 Å². The van der Waals surface area contributed by atoms with Gasteiger partial charge in [-0.3, -0.25) is 11.3 Å². The Kier molecular flexibility index (Phi) is 5.26. The molecule has 0 saturated heterocycles. The average Bonchev–Trinajstić information content (AvgIpc) is 1.89. The van der Waals surface area contributed by atoms with E-state index in [0.29, 0.717) is 5.92 Å². The molecule has 3 N–H and O–H groups in total. The Morgan fingerprint density at radius 3 is 2.70 bits per heavy atom. The van der Waals surface area contributed by atoms with Crippen molar-refractivity contribution in [3.8, 4) is 0 Å². The SMILES string of the molecule is CC/C=C(\C)[C@@H](C)CNN. The first-order valence-corrected chi connectivity index (χ1v) is 3.82. The van der Waals surface area contributed by atoms with Gasteiger partial charge in [-0.15, -0.1) is 0 Å². The predicted octanol–water partition coefficient (Wildman–Crippen LogP) is 1.44. The molecule has 0 amide bonds. The first kappa shape index (κ1) is 9.66. The van der Waals surface area contributed by atoms with E-state index in [4.69, 9.17) is 5.84 Å². The zero-order valence-corrected chi connectivity index (χ0v) is 7.15. The van der Waals surface area contributed by atoms with Crippen LogP contribution in [-0.4, -0.2) is 6.54 Å². The summed E-state index contributed by atoms with van der Waals surface area (Å²) in [6.45, 7) is 7.32. The number of hydrazine groups is 1. The van der Waals surface area contributed by atoms with E-state index in [9.17, 15) is 0 Å². The van der Waals surface area contributed by atoms with Gasteiger partial charge in [-0.1, -0.05) is 25.5 Å². The molecule has 0 radical (unpaired) electrons. The van der Waals surface area contributed by atoms with Gasteiger partial charge in [0.05, 0.1) is 0 Å². The van der Waals surface area contributed by atoms with Crippen LogP contribution in [0.4, 0.5) is 0 Å². The summed E-state index contributed by atoms with van der Waals surface area (Å²) < 4.78 is 0. The van der Waals surface area contributed by atoms with Crippen LogP contribution in [0.3, 0.4) is 0 Å². The minimum absolute atomic E-state index is 0.560. The molecule has 0 unspecified atom stereocenters. The number of nitrogens with two attached hydrogens (primary N) is 1. The number of rotatable bonds is 4. The summed E-state index contributed by atoms with van der Waals surface area (Å²) in [5, 5.41) is 0. The molecule has 10 heavy (non-hydrogen) atoms. The highest BCUT2D eigenvalue weighted by Crippen LogP contribution is 2.08. The zero-order valence-electron chi connectivity index (χ0n) is 7.15. The van der Waals surface area contributed by atoms with E-state index < -0.39 is 0 Å². The number of allylic oxidation sites excluding steroid dienone is 1. The van der Waals surface area contributed by atoms with Crippen molar-refractivity contribution in [2.75, 3.05) is 6.54 Å². The number of hydrogen-bond donors (Lipinski definition) is 2.